The number of halogens is 1. The van der Waals surface area contributed by atoms with Gasteiger partial charge in [-0.25, -0.2) is 9.97 Å². The molecule has 0 amide bonds. The summed E-state index contributed by atoms with van der Waals surface area (Å²) in [5.74, 6) is 0.444. The number of hydrogen-bond acceptors (Lipinski definition) is 4. The second kappa shape index (κ2) is 4.30. The second-order valence-electron chi connectivity index (χ2n) is 2.95. The maximum Gasteiger partial charge on any atom is 0.221 e. The van der Waals surface area contributed by atoms with Crippen LogP contribution in [0.25, 0.3) is 0 Å². The molecule has 0 bridgehead atoms. The molecule has 0 saturated carbocycles. The van der Waals surface area contributed by atoms with Crippen molar-refractivity contribution in [2.24, 2.45) is 0 Å². The lowest BCUT2D eigenvalue weighted by molar-refractivity contribution is 0.953. The van der Waals surface area contributed by atoms with Crippen LogP contribution in [-0.2, 0) is 6.42 Å². The Kier molecular flexibility index (Phi) is 3.04. The van der Waals surface area contributed by atoms with Crippen LogP contribution in [0.15, 0.2) is 23.5 Å². The monoisotopic (exact) mass is 256 g/mol. The van der Waals surface area contributed by atoms with E-state index in [4.69, 9.17) is 30.0 Å². The van der Waals surface area contributed by atoms with E-state index in [9.17, 15) is 0 Å². The third-order valence-electron chi connectivity index (χ3n) is 1.87. The molecule has 0 atom stereocenters. The minimum Gasteiger partial charge on any atom is -0.383 e. The Labute approximate surface area is 102 Å². The lowest BCUT2D eigenvalue weighted by Crippen LogP contribution is -2.00. The van der Waals surface area contributed by atoms with Gasteiger partial charge < -0.3 is 5.73 Å². The molecule has 0 aliphatic rings. The van der Waals surface area contributed by atoms with Crippen molar-refractivity contribution in [3.63, 3.8) is 0 Å². The zero-order valence-electron chi connectivity index (χ0n) is 7.61. The molecular weight excluding hydrogens is 250 g/mol. The molecule has 2 N–H and O–H groups in total. The number of anilines is 1. The van der Waals surface area contributed by atoms with E-state index in [-0.39, 0.29) is 5.16 Å². The molecule has 0 aromatic carbocycles. The maximum absolute atomic E-state index is 5.83. The van der Waals surface area contributed by atoms with E-state index in [1.165, 1.54) is 11.3 Å². The van der Waals surface area contributed by atoms with Crippen molar-refractivity contribution >= 4 is 41.4 Å². The molecule has 0 fully saturated rings. The van der Waals surface area contributed by atoms with Crippen LogP contribution >= 0.6 is 35.6 Å². The largest absolute Gasteiger partial charge is 0.383 e. The molecule has 2 aromatic rings. The zero-order valence-corrected chi connectivity index (χ0v) is 9.99. The summed E-state index contributed by atoms with van der Waals surface area (Å²) < 4.78 is 0.768. The smallest absolute Gasteiger partial charge is 0.221 e. The molecule has 2 heterocycles. The van der Waals surface area contributed by atoms with Gasteiger partial charge in [-0.2, -0.15) is 0 Å². The molecule has 3 nitrogen and oxygen atoms in total. The first kappa shape index (κ1) is 10.6. The van der Waals surface area contributed by atoms with Crippen LogP contribution < -0.4 is 5.73 Å². The standard InChI is InChI=1S/C9H7ClN3S2/c10-7-2-1-6(15-7)3-5-4-12-9(14)13-8(5)11/h1-2,4H,3H2,(H2,11,12,13). The van der Waals surface area contributed by atoms with Crippen LogP contribution in [0.5, 0.6) is 0 Å². The minimum absolute atomic E-state index is 0.278. The number of hydrogen-bond donors (Lipinski definition) is 1. The van der Waals surface area contributed by atoms with Gasteiger partial charge >= 0.3 is 0 Å². The topological polar surface area (TPSA) is 51.8 Å². The molecule has 77 valence electrons. The van der Waals surface area contributed by atoms with Gasteiger partial charge in [-0.05, 0) is 24.8 Å². The minimum atomic E-state index is 0.278. The van der Waals surface area contributed by atoms with Gasteiger partial charge in [-0.3, -0.25) is 0 Å². The van der Waals surface area contributed by atoms with Gasteiger partial charge in [0.2, 0.25) is 5.16 Å². The summed E-state index contributed by atoms with van der Waals surface area (Å²) in [5.41, 5.74) is 6.61. The highest BCUT2D eigenvalue weighted by Gasteiger charge is 2.05. The molecule has 15 heavy (non-hydrogen) atoms. The van der Waals surface area contributed by atoms with E-state index in [1.54, 1.807) is 6.20 Å². The summed E-state index contributed by atoms with van der Waals surface area (Å²) in [6.07, 6.45) is 2.36. The number of thiophene rings is 1. The highest BCUT2D eigenvalue weighted by molar-refractivity contribution is 7.80. The molecule has 0 aliphatic heterocycles. The molecular formula is C9H7ClN3S2. The van der Waals surface area contributed by atoms with E-state index in [0.29, 0.717) is 12.2 Å². The van der Waals surface area contributed by atoms with Crippen LogP contribution in [-0.4, -0.2) is 9.97 Å². The van der Waals surface area contributed by atoms with Gasteiger partial charge in [0.05, 0.1) is 4.34 Å². The first-order chi connectivity index (χ1) is 7.15. The van der Waals surface area contributed by atoms with Gasteiger partial charge in [-0.1, -0.05) is 11.6 Å². The maximum atomic E-state index is 5.83. The third-order valence-corrected chi connectivity index (χ3v) is 3.30. The normalized spacial score (nSPS) is 10.5. The van der Waals surface area contributed by atoms with Crippen LogP contribution in [0.1, 0.15) is 10.4 Å². The summed E-state index contributed by atoms with van der Waals surface area (Å²) >= 11 is 12.2. The van der Waals surface area contributed by atoms with Crippen LogP contribution in [0.3, 0.4) is 0 Å². The number of aromatic nitrogens is 2. The molecule has 0 unspecified atom stereocenters. The van der Waals surface area contributed by atoms with Crippen molar-refractivity contribution in [1.82, 2.24) is 9.97 Å². The van der Waals surface area contributed by atoms with E-state index in [1.807, 2.05) is 12.1 Å². The second-order valence-corrected chi connectivity index (χ2v) is 5.11. The fraction of sp³-hybridized carbons (Fsp3) is 0.111. The number of rotatable bonds is 2. The Morgan fingerprint density at radius 3 is 2.87 bits per heavy atom. The fourth-order valence-electron chi connectivity index (χ4n) is 1.17. The van der Waals surface area contributed by atoms with Crippen LogP contribution in [0.2, 0.25) is 4.34 Å². The first-order valence-electron chi connectivity index (χ1n) is 4.18. The molecule has 2 aromatic heterocycles. The Morgan fingerprint density at radius 2 is 2.27 bits per heavy atom. The highest BCUT2D eigenvalue weighted by Crippen LogP contribution is 2.25. The first-order valence-corrected chi connectivity index (χ1v) is 5.78. The molecule has 6 heteroatoms. The van der Waals surface area contributed by atoms with Crippen molar-refractivity contribution in [3.05, 3.63) is 33.1 Å². The summed E-state index contributed by atoms with van der Waals surface area (Å²) in [5, 5.41) is 0.278. The van der Waals surface area contributed by atoms with Gasteiger partial charge in [0, 0.05) is 23.1 Å². The van der Waals surface area contributed by atoms with Gasteiger partial charge in [-0.15, -0.1) is 11.3 Å². The van der Waals surface area contributed by atoms with E-state index in [0.717, 1.165) is 14.8 Å². The summed E-state index contributed by atoms with van der Waals surface area (Å²) in [6.45, 7) is 0. The predicted molar refractivity (Wildman–Crippen MR) is 64.4 cm³/mol. The van der Waals surface area contributed by atoms with E-state index >= 15 is 0 Å². The molecule has 0 spiro atoms. The van der Waals surface area contributed by atoms with E-state index in [2.05, 4.69) is 9.97 Å². The van der Waals surface area contributed by atoms with Gasteiger partial charge in [0.25, 0.3) is 0 Å². The Balaban J connectivity index is 2.24. The number of nitrogen functional groups attached to an aromatic ring is 1. The van der Waals surface area contributed by atoms with Crippen molar-refractivity contribution in [2.75, 3.05) is 5.73 Å². The lowest BCUT2D eigenvalue weighted by Gasteiger charge is -2.01. The van der Waals surface area contributed by atoms with Crippen molar-refractivity contribution < 1.29 is 0 Å². The lowest BCUT2D eigenvalue weighted by atomic mass is 10.2. The highest BCUT2D eigenvalue weighted by atomic mass is 35.5. The van der Waals surface area contributed by atoms with Crippen LogP contribution in [0.4, 0.5) is 5.82 Å². The van der Waals surface area contributed by atoms with Crippen molar-refractivity contribution in [1.29, 1.82) is 0 Å². The van der Waals surface area contributed by atoms with E-state index < -0.39 is 0 Å². The molecule has 2 rings (SSSR count). The molecule has 0 aliphatic carbocycles. The Hall–Kier alpha value is -0.910. The van der Waals surface area contributed by atoms with Crippen molar-refractivity contribution in [3.8, 4) is 0 Å². The average Bonchev–Trinajstić information content (AvgIpc) is 2.56. The SMILES string of the molecule is Nc1nc([S])ncc1Cc1ccc(Cl)s1. The summed E-state index contributed by atoms with van der Waals surface area (Å²) in [7, 11) is 0. The van der Waals surface area contributed by atoms with Crippen LogP contribution in [0, 0.1) is 0 Å². The molecule has 1 radical (unpaired) electrons. The van der Waals surface area contributed by atoms with Gasteiger partial charge in [0.1, 0.15) is 5.82 Å². The number of nitrogens with two attached hydrogens (primary N) is 1. The predicted octanol–water partition coefficient (Wildman–Crippen LogP) is 2.92. The number of nitrogens with zero attached hydrogens (tertiary/aromatic N) is 2. The fourth-order valence-corrected chi connectivity index (χ4v) is 2.44. The zero-order chi connectivity index (χ0) is 10.8. The third kappa shape index (κ3) is 2.56. The summed E-state index contributed by atoms with van der Waals surface area (Å²) in [4.78, 5) is 9.00. The quantitative estimate of drug-likeness (QED) is 0.841. The average molecular weight is 257 g/mol. The van der Waals surface area contributed by atoms with Gasteiger partial charge in [0.15, 0.2) is 0 Å². The summed E-state index contributed by atoms with van der Waals surface area (Å²) in [6, 6.07) is 3.83. The molecule has 0 saturated heterocycles. The Morgan fingerprint density at radius 1 is 1.47 bits per heavy atom. The Bertz CT molecular complexity index is 484. The van der Waals surface area contributed by atoms with Crippen molar-refractivity contribution in [2.45, 2.75) is 11.6 Å².